The van der Waals surface area contributed by atoms with E-state index in [0.29, 0.717) is 11.5 Å². The number of carbonyl (C=O) groups is 1. The molecule has 21 heavy (non-hydrogen) atoms. The molecular weight excluding hydrogens is 286 g/mol. The van der Waals surface area contributed by atoms with E-state index >= 15 is 0 Å². The highest BCUT2D eigenvalue weighted by Gasteiger charge is 2.20. The Hall–Kier alpha value is -2.47. The van der Waals surface area contributed by atoms with Crippen LogP contribution in [0.2, 0.25) is 0 Å². The Bertz CT molecular complexity index is 793. The van der Waals surface area contributed by atoms with Crippen LogP contribution in [0.4, 0.5) is 0 Å². The Balaban J connectivity index is 2.35. The average Bonchev–Trinajstić information content (AvgIpc) is 3.11. The molecule has 0 bridgehead atoms. The van der Waals surface area contributed by atoms with Gasteiger partial charge in [0.05, 0.1) is 17.4 Å². The van der Waals surface area contributed by atoms with E-state index in [1.807, 2.05) is 19.2 Å². The number of hydrogen-bond acceptors (Lipinski definition) is 5. The predicted octanol–water partition coefficient (Wildman–Crippen LogP) is 3.18. The molecule has 0 saturated carbocycles. The molecule has 0 atom stereocenters. The molecule has 2 heterocycles. The number of amides is 1. The maximum Gasteiger partial charge on any atom is 0.249 e. The second-order valence-corrected chi connectivity index (χ2v) is 5.39. The molecule has 0 radical (unpaired) electrons. The molecule has 0 aliphatic carbocycles. The number of aromatic nitrogens is 2. The Labute approximate surface area is 125 Å². The molecule has 0 aliphatic rings. The van der Waals surface area contributed by atoms with Gasteiger partial charge in [0.25, 0.3) is 0 Å². The maximum absolute atomic E-state index is 11.7. The van der Waals surface area contributed by atoms with Crippen molar-refractivity contribution in [2.75, 3.05) is 0 Å². The number of benzene rings is 1. The molecule has 0 fully saturated rings. The number of carbonyl (C=O) groups excluding carboxylic acids is 1. The Morgan fingerprint density at radius 2 is 2.10 bits per heavy atom. The molecule has 5 nitrogen and oxygen atoms in total. The minimum Gasteiger partial charge on any atom is -0.445 e. The second-order valence-electron chi connectivity index (χ2n) is 4.67. The van der Waals surface area contributed by atoms with E-state index in [4.69, 9.17) is 10.2 Å². The van der Waals surface area contributed by atoms with Gasteiger partial charge in [0.15, 0.2) is 0 Å². The summed E-state index contributed by atoms with van der Waals surface area (Å²) in [6.45, 7) is 3.84. The third-order valence-electron chi connectivity index (χ3n) is 3.46. The van der Waals surface area contributed by atoms with Crippen LogP contribution in [0, 0.1) is 13.8 Å². The Morgan fingerprint density at radius 1 is 1.29 bits per heavy atom. The van der Waals surface area contributed by atoms with Crippen LogP contribution in [-0.2, 0) is 0 Å². The molecule has 106 valence electrons. The molecule has 0 aliphatic heterocycles. The SMILES string of the molecule is Cc1c(C(N)=O)cc(-c2ncco2)c(C)c1-c1cscn1. The lowest BCUT2D eigenvalue weighted by atomic mass is 9.91. The van der Waals surface area contributed by atoms with Crippen LogP contribution in [0.3, 0.4) is 0 Å². The molecule has 2 aromatic heterocycles. The number of rotatable bonds is 3. The van der Waals surface area contributed by atoms with E-state index in [1.165, 1.54) is 17.6 Å². The van der Waals surface area contributed by atoms with Gasteiger partial charge in [-0.25, -0.2) is 9.97 Å². The molecule has 3 aromatic rings. The monoisotopic (exact) mass is 299 g/mol. The minimum atomic E-state index is -0.475. The number of hydrogen-bond donors (Lipinski definition) is 1. The van der Waals surface area contributed by atoms with Crippen LogP contribution in [0.5, 0.6) is 0 Å². The normalized spacial score (nSPS) is 10.8. The quantitative estimate of drug-likeness (QED) is 0.805. The molecule has 6 heteroatoms. The van der Waals surface area contributed by atoms with Gasteiger partial charge in [0.2, 0.25) is 11.8 Å². The third-order valence-corrected chi connectivity index (χ3v) is 4.05. The first kappa shape index (κ1) is 13.5. The number of thiazole rings is 1. The fraction of sp³-hybridized carbons (Fsp3) is 0.133. The lowest BCUT2D eigenvalue weighted by Gasteiger charge is -2.14. The highest BCUT2D eigenvalue weighted by molar-refractivity contribution is 7.07. The van der Waals surface area contributed by atoms with Crippen molar-refractivity contribution in [3.63, 3.8) is 0 Å². The van der Waals surface area contributed by atoms with Crippen molar-refractivity contribution >= 4 is 17.2 Å². The van der Waals surface area contributed by atoms with Gasteiger partial charge in [-0.2, -0.15) is 0 Å². The smallest absolute Gasteiger partial charge is 0.249 e. The summed E-state index contributed by atoms with van der Waals surface area (Å²) in [4.78, 5) is 20.2. The zero-order chi connectivity index (χ0) is 15.0. The van der Waals surface area contributed by atoms with Gasteiger partial charge in [-0.05, 0) is 31.0 Å². The van der Waals surface area contributed by atoms with Crippen molar-refractivity contribution in [3.05, 3.63) is 46.1 Å². The van der Waals surface area contributed by atoms with Crippen molar-refractivity contribution in [2.24, 2.45) is 5.73 Å². The fourth-order valence-electron chi connectivity index (χ4n) is 2.47. The van der Waals surface area contributed by atoms with Crippen molar-refractivity contribution < 1.29 is 9.21 Å². The van der Waals surface area contributed by atoms with Crippen LogP contribution < -0.4 is 5.73 Å². The summed E-state index contributed by atoms with van der Waals surface area (Å²) >= 11 is 1.50. The molecule has 0 spiro atoms. The van der Waals surface area contributed by atoms with E-state index < -0.39 is 5.91 Å². The van der Waals surface area contributed by atoms with E-state index in [9.17, 15) is 4.79 Å². The second kappa shape index (κ2) is 5.14. The Morgan fingerprint density at radius 3 is 2.67 bits per heavy atom. The third kappa shape index (κ3) is 2.23. The lowest BCUT2D eigenvalue weighted by molar-refractivity contribution is 0.1000. The van der Waals surface area contributed by atoms with Crippen LogP contribution in [0.25, 0.3) is 22.7 Å². The largest absolute Gasteiger partial charge is 0.445 e. The molecular formula is C15H13N3O2S. The first-order chi connectivity index (χ1) is 10.1. The molecule has 3 rings (SSSR count). The van der Waals surface area contributed by atoms with Gasteiger partial charge in [-0.1, -0.05) is 0 Å². The van der Waals surface area contributed by atoms with E-state index in [2.05, 4.69) is 9.97 Å². The van der Waals surface area contributed by atoms with Crippen LogP contribution in [0.1, 0.15) is 21.5 Å². The molecule has 0 saturated heterocycles. The topological polar surface area (TPSA) is 82.0 Å². The van der Waals surface area contributed by atoms with Crippen molar-refractivity contribution in [1.82, 2.24) is 9.97 Å². The van der Waals surface area contributed by atoms with Gasteiger partial charge < -0.3 is 10.2 Å². The van der Waals surface area contributed by atoms with E-state index in [0.717, 1.165) is 27.9 Å². The van der Waals surface area contributed by atoms with Crippen LogP contribution in [0.15, 0.2) is 33.8 Å². The standard InChI is InChI=1S/C15H13N3O2S/c1-8-10(14(16)19)5-11(15-17-3-4-20-15)9(2)13(8)12-6-21-7-18-12/h3-7H,1-2H3,(H2,16,19). The summed E-state index contributed by atoms with van der Waals surface area (Å²) in [5.74, 6) is -0.0109. The summed E-state index contributed by atoms with van der Waals surface area (Å²) in [7, 11) is 0. The molecule has 2 N–H and O–H groups in total. The summed E-state index contributed by atoms with van der Waals surface area (Å²) in [6, 6.07) is 1.73. The minimum absolute atomic E-state index is 0.455. The van der Waals surface area contributed by atoms with Gasteiger partial charge in [0.1, 0.15) is 6.26 Å². The number of nitrogens with two attached hydrogens (primary N) is 1. The van der Waals surface area contributed by atoms with Crippen molar-refractivity contribution in [2.45, 2.75) is 13.8 Å². The van der Waals surface area contributed by atoms with Crippen LogP contribution in [-0.4, -0.2) is 15.9 Å². The summed E-state index contributed by atoms with van der Waals surface area (Å²) in [6.07, 6.45) is 3.07. The summed E-state index contributed by atoms with van der Waals surface area (Å²) in [5, 5.41) is 1.94. The molecule has 0 unspecified atom stereocenters. The summed E-state index contributed by atoms with van der Waals surface area (Å²) in [5.41, 5.74) is 12.0. The first-order valence-corrected chi connectivity index (χ1v) is 7.26. The summed E-state index contributed by atoms with van der Waals surface area (Å²) < 4.78 is 5.37. The number of primary amides is 1. The van der Waals surface area contributed by atoms with E-state index in [1.54, 1.807) is 17.8 Å². The lowest BCUT2D eigenvalue weighted by Crippen LogP contribution is -2.14. The zero-order valence-corrected chi connectivity index (χ0v) is 12.4. The maximum atomic E-state index is 11.7. The Kier molecular flexibility index (Phi) is 3.31. The fourth-order valence-corrected chi connectivity index (χ4v) is 3.01. The van der Waals surface area contributed by atoms with Gasteiger partial charge in [0, 0.05) is 22.1 Å². The highest BCUT2D eigenvalue weighted by Crippen LogP contribution is 2.35. The average molecular weight is 299 g/mol. The van der Waals surface area contributed by atoms with Gasteiger partial charge in [-0.3, -0.25) is 4.79 Å². The van der Waals surface area contributed by atoms with Crippen molar-refractivity contribution in [3.8, 4) is 22.7 Å². The van der Waals surface area contributed by atoms with E-state index in [-0.39, 0.29) is 0 Å². The van der Waals surface area contributed by atoms with Crippen molar-refractivity contribution in [1.29, 1.82) is 0 Å². The number of oxazole rings is 1. The van der Waals surface area contributed by atoms with Gasteiger partial charge in [-0.15, -0.1) is 11.3 Å². The van der Waals surface area contributed by atoms with Gasteiger partial charge >= 0.3 is 0 Å². The molecule has 1 aromatic carbocycles. The first-order valence-electron chi connectivity index (χ1n) is 6.32. The number of nitrogens with zero attached hydrogens (tertiary/aromatic N) is 2. The molecule has 1 amide bonds. The predicted molar refractivity (Wildman–Crippen MR) is 81.0 cm³/mol. The zero-order valence-electron chi connectivity index (χ0n) is 11.6. The highest BCUT2D eigenvalue weighted by atomic mass is 32.1. The van der Waals surface area contributed by atoms with Crippen LogP contribution >= 0.6 is 11.3 Å².